The van der Waals surface area contributed by atoms with Crippen molar-refractivity contribution < 1.29 is 19.4 Å². The van der Waals surface area contributed by atoms with Crippen LogP contribution in [0.4, 0.5) is 4.79 Å². The number of aliphatic hydroxyl groups is 1. The van der Waals surface area contributed by atoms with E-state index in [0.717, 1.165) is 5.56 Å². The molecule has 0 aliphatic carbocycles. The highest BCUT2D eigenvalue weighted by Gasteiger charge is 2.35. The molecule has 1 N–H and O–H groups in total. The summed E-state index contributed by atoms with van der Waals surface area (Å²) in [5, 5.41) is 10.3. The Bertz CT molecular complexity index is 586. The number of halogens is 2. The van der Waals surface area contributed by atoms with Crippen molar-refractivity contribution in [2.24, 2.45) is 0 Å². The largest absolute Gasteiger partial charge is 0.444 e. The molecule has 3 atom stereocenters. The summed E-state index contributed by atoms with van der Waals surface area (Å²) in [4.78, 5) is 18.0. The van der Waals surface area contributed by atoms with Crippen LogP contribution in [0.15, 0.2) is 16.7 Å². The first-order valence-corrected chi connectivity index (χ1v) is 8.86. The molecule has 1 amide bonds. The number of aromatic nitrogens is 1. The molecule has 0 saturated carbocycles. The average molecular weight is 422 g/mol. The van der Waals surface area contributed by atoms with E-state index >= 15 is 0 Å². The Hall–Kier alpha value is -0.890. The molecule has 1 aromatic heterocycles. The van der Waals surface area contributed by atoms with Crippen molar-refractivity contribution in [3.63, 3.8) is 0 Å². The van der Waals surface area contributed by atoms with Gasteiger partial charge in [-0.2, -0.15) is 0 Å². The minimum absolute atomic E-state index is 0.267. The normalized spacial score (nSPS) is 23.0. The topological polar surface area (TPSA) is 71.9 Å². The van der Waals surface area contributed by atoms with Gasteiger partial charge in [0.2, 0.25) is 0 Å². The third-order valence-electron chi connectivity index (χ3n) is 3.47. The number of amides is 1. The van der Waals surface area contributed by atoms with Crippen LogP contribution in [-0.4, -0.2) is 52.0 Å². The molecule has 0 aromatic carbocycles. The number of morpholine rings is 1. The van der Waals surface area contributed by atoms with Crippen LogP contribution in [0.3, 0.4) is 0 Å². The maximum absolute atomic E-state index is 12.4. The molecule has 1 aliphatic heterocycles. The molecule has 1 saturated heterocycles. The summed E-state index contributed by atoms with van der Waals surface area (Å²) in [6.45, 7) is 7.65. The zero-order valence-corrected chi connectivity index (χ0v) is 16.5. The Balaban J connectivity index is 2.23. The van der Waals surface area contributed by atoms with E-state index in [1.807, 2.05) is 20.8 Å². The van der Waals surface area contributed by atoms with Gasteiger partial charge in [0.05, 0.1) is 19.2 Å². The first-order valence-electron chi connectivity index (χ1n) is 7.69. The van der Waals surface area contributed by atoms with E-state index in [-0.39, 0.29) is 6.54 Å². The Kier molecular flexibility index (Phi) is 6.12. The van der Waals surface area contributed by atoms with E-state index in [0.29, 0.717) is 16.3 Å². The maximum atomic E-state index is 12.4. The van der Waals surface area contributed by atoms with Gasteiger partial charge >= 0.3 is 6.09 Å². The highest BCUT2D eigenvalue weighted by molar-refractivity contribution is 9.10. The number of aliphatic hydroxyl groups excluding tert-OH is 1. The summed E-state index contributed by atoms with van der Waals surface area (Å²) in [5.41, 5.74) is 0.189. The van der Waals surface area contributed by atoms with Gasteiger partial charge < -0.3 is 19.5 Å². The number of ether oxygens (including phenoxy) is 2. The van der Waals surface area contributed by atoms with E-state index in [9.17, 15) is 9.90 Å². The maximum Gasteiger partial charge on any atom is 0.410 e. The van der Waals surface area contributed by atoms with E-state index < -0.39 is 30.0 Å². The van der Waals surface area contributed by atoms with Crippen molar-refractivity contribution in [3.05, 3.63) is 27.5 Å². The van der Waals surface area contributed by atoms with Crippen LogP contribution in [0.5, 0.6) is 0 Å². The smallest absolute Gasteiger partial charge is 0.410 e. The molecule has 1 aromatic rings. The summed E-state index contributed by atoms with van der Waals surface area (Å²) in [6.07, 6.45) is -2.09. The second-order valence-electron chi connectivity index (χ2n) is 6.84. The zero-order valence-electron chi connectivity index (χ0n) is 14.1. The summed E-state index contributed by atoms with van der Waals surface area (Å²) in [7, 11) is 0. The Morgan fingerprint density at radius 1 is 1.50 bits per heavy atom. The first-order chi connectivity index (χ1) is 11.0. The molecule has 1 aliphatic rings. The summed E-state index contributed by atoms with van der Waals surface area (Å²) in [5.74, 6) is 0. The zero-order chi connectivity index (χ0) is 18.1. The molecule has 2 rings (SSSR count). The van der Waals surface area contributed by atoms with Crippen LogP contribution in [0.25, 0.3) is 0 Å². The van der Waals surface area contributed by atoms with Gasteiger partial charge in [-0.05, 0) is 61.3 Å². The van der Waals surface area contributed by atoms with Crippen molar-refractivity contribution in [1.29, 1.82) is 0 Å². The minimum Gasteiger partial charge on any atom is -0.444 e. The van der Waals surface area contributed by atoms with Gasteiger partial charge in [-0.3, -0.25) is 0 Å². The fourth-order valence-electron chi connectivity index (χ4n) is 2.38. The molecule has 0 spiro atoms. The second kappa shape index (κ2) is 7.56. The summed E-state index contributed by atoms with van der Waals surface area (Å²) in [6, 6.07) is 3.48. The number of hydrogen-bond donors (Lipinski definition) is 1. The van der Waals surface area contributed by atoms with Gasteiger partial charge in [-0.15, -0.1) is 0 Å². The molecule has 24 heavy (non-hydrogen) atoms. The molecular weight excluding hydrogens is 400 g/mol. The summed E-state index contributed by atoms with van der Waals surface area (Å²) < 4.78 is 12.0. The average Bonchev–Trinajstić information content (AvgIpc) is 2.43. The molecule has 0 bridgehead atoms. The van der Waals surface area contributed by atoms with Crippen LogP contribution in [0, 0.1) is 0 Å². The standard InChI is InChI=1S/C16H22BrClN2O4/c1-9(21)11-7-20(15(22)24-16(2,3)4)8-12(23-11)10-5-13(17)19-14(18)6-10/h5-6,9,11-12,21H,7-8H2,1-4H3/t9-,11?,12?/m0/s1. The highest BCUT2D eigenvalue weighted by atomic mass is 79.9. The van der Waals surface area contributed by atoms with Crippen molar-refractivity contribution in [2.45, 2.75) is 51.6 Å². The fourth-order valence-corrected chi connectivity index (χ4v) is 3.16. The minimum atomic E-state index is -0.724. The van der Waals surface area contributed by atoms with Gasteiger partial charge in [0.1, 0.15) is 27.6 Å². The van der Waals surface area contributed by atoms with Crippen LogP contribution in [-0.2, 0) is 9.47 Å². The van der Waals surface area contributed by atoms with Gasteiger partial charge in [0, 0.05) is 0 Å². The number of rotatable bonds is 2. The highest BCUT2D eigenvalue weighted by Crippen LogP contribution is 2.30. The lowest BCUT2D eigenvalue weighted by molar-refractivity contribution is -0.126. The second-order valence-corrected chi connectivity index (χ2v) is 8.03. The number of carbonyl (C=O) groups is 1. The number of pyridine rings is 1. The lowest BCUT2D eigenvalue weighted by Gasteiger charge is -2.39. The molecular formula is C16H22BrClN2O4. The van der Waals surface area contributed by atoms with Crippen LogP contribution in [0.1, 0.15) is 39.4 Å². The lowest BCUT2D eigenvalue weighted by Crippen LogP contribution is -2.51. The Morgan fingerprint density at radius 2 is 2.17 bits per heavy atom. The SMILES string of the molecule is C[C@H](O)C1CN(C(=O)OC(C)(C)C)CC(c2cc(Cl)nc(Br)c2)O1. The van der Waals surface area contributed by atoms with Gasteiger partial charge in [0.15, 0.2) is 0 Å². The monoisotopic (exact) mass is 420 g/mol. The molecule has 134 valence electrons. The van der Waals surface area contributed by atoms with E-state index in [1.54, 1.807) is 24.0 Å². The van der Waals surface area contributed by atoms with Gasteiger partial charge in [0.25, 0.3) is 0 Å². The van der Waals surface area contributed by atoms with Crippen molar-refractivity contribution in [3.8, 4) is 0 Å². The molecule has 2 heterocycles. The summed E-state index contributed by atoms with van der Waals surface area (Å²) >= 11 is 9.30. The van der Waals surface area contributed by atoms with E-state index in [2.05, 4.69) is 20.9 Å². The molecule has 2 unspecified atom stereocenters. The first kappa shape index (κ1) is 19.4. The number of carbonyl (C=O) groups excluding carboxylic acids is 1. The van der Waals surface area contributed by atoms with E-state index in [4.69, 9.17) is 21.1 Å². The molecule has 0 radical (unpaired) electrons. The predicted molar refractivity (Wildman–Crippen MR) is 94.0 cm³/mol. The molecule has 1 fully saturated rings. The number of hydrogen-bond acceptors (Lipinski definition) is 5. The molecule has 8 heteroatoms. The van der Waals surface area contributed by atoms with Crippen LogP contribution >= 0.6 is 27.5 Å². The van der Waals surface area contributed by atoms with Crippen LogP contribution in [0.2, 0.25) is 5.15 Å². The van der Waals surface area contributed by atoms with Crippen molar-refractivity contribution in [2.75, 3.05) is 13.1 Å². The van der Waals surface area contributed by atoms with Crippen LogP contribution < -0.4 is 0 Å². The Morgan fingerprint density at radius 3 is 2.71 bits per heavy atom. The molecule has 6 nitrogen and oxygen atoms in total. The quantitative estimate of drug-likeness (QED) is 0.739. The van der Waals surface area contributed by atoms with E-state index in [1.165, 1.54) is 0 Å². The van der Waals surface area contributed by atoms with Gasteiger partial charge in [-0.25, -0.2) is 9.78 Å². The predicted octanol–water partition coefficient (Wildman–Crippen LogP) is 3.56. The lowest BCUT2D eigenvalue weighted by atomic mass is 10.1. The van der Waals surface area contributed by atoms with Crippen molar-refractivity contribution >= 4 is 33.6 Å². The Labute approximate surface area is 155 Å². The van der Waals surface area contributed by atoms with Crippen molar-refractivity contribution in [1.82, 2.24) is 9.88 Å². The fraction of sp³-hybridized carbons (Fsp3) is 0.625. The number of nitrogens with zero attached hydrogens (tertiary/aromatic N) is 2. The third-order valence-corrected chi connectivity index (χ3v) is 4.07. The van der Waals surface area contributed by atoms with Gasteiger partial charge in [-0.1, -0.05) is 11.6 Å². The third kappa shape index (κ3) is 5.31.